The minimum atomic E-state index is 0.0408. The van der Waals surface area contributed by atoms with Crippen molar-refractivity contribution in [3.05, 3.63) is 0 Å². The van der Waals surface area contributed by atoms with Crippen molar-refractivity contribution in [2.75, 3.05) is 39.6 Å². The highest BCUT2D eigenvalue weighted by Gasteiger charge is 2.24. The van der Waals surface area contributed by atoms with Crippen LogP contribution in [0.2, 0.25) is 0 Å². The molecular weight excluding hydrogens is 184 g/mol. The molecule has 0 amide bonds. The predicted molar refractivity (Wildman–Crippen MR) is 52.5 cm³/mol. The lowest BCUT2D eigenvalue weighted by molar-refractivity contribution is -0.0596. The highest BCUT2D eigenvalue weighted by atomic mass is 16.6. The van der Waals surface area contributed by atoms with E-state index in [1.807, 2.05) is 13.8 Å². The first kappa shape index (κ1) is 11.9. The molecule has 0 aliphatic carbocycles. The van der Waals surface area contributed by atoms with Crippen molar-refractivity contribution >= 4 is 0 Å². The molecule has 4 heteroatoms. The average Bonchev–Trinajstić information content (AvgIpc) is 3.00. The summed E-state index contributed by atoms with van der Waals surface area (Å²) in [6.07, 6.45) is 0.347. The second-order valence-electron chi connectivity index (χ2n) is 3.23. The van der Waals surface area contributed by atoms with E-state index < -0.39 is 0 Å². The average molecular weight is 204 g/mol. The fourth-order valence-electron chi connectivity index (χ4n) is 1.05. The van der Waals surface area contributed by atoms with Gasteiger partial charge in [-0.3, -0.25) is 0 Å². The second kappa shape index (κ2) is 7.17. The van der Waals surface area contributed by atoms with E-state index in [0.29, 0.717) is 39.1 Å². The number of hydrogen-bond donors (Lipinski definition) is 0. The molecular formula is C10H20O4. The molecule has 1 saturated heterocycles. The molecule has 1 unspecified atom stereocenters. The maximum Gasteiger partial charge on any atom is 0.104 e. The van der Waals surface area contributed by atoms with E-state index in [-0.39, 0.29) is 6.10 Å². The second-order valence-corrected chi connectivity index (χ2v) is 3.23. The molecule has 4 nitrogen and oxygen atoms in total. The van der Waals surface area contributed by atoms with Gasteiger partial charge in [0, 0.05) is 13.2 Å². The lowest BCUT2D eigenvalue weighted by Crippen LogP contribution is -2.27. The first-order valence-electron chi connectivity index (χ1n) is 5.25. The van der Waals surface area contributed by atoms with Crippen LogP contribution in [-0.2, 0) is 18.9 Å². The maximum absolute atomic E-state index is 5.60. The molecule has 0 radical (unpaired) electrons. The molecule has 1 fully saturated rings. The van der Waals surface area contributed by atoms with Crippen LogP contribution in [0.5, 0.6) is 0 Å². The van der Waals surface area contributed by atoms with Crippen LogP contribution in [0.3, 0.4) is 0 Å². The third kappa shape index (κ3) is 5.54. The van der Waals surface area contributed by atoms with Gasteiger partial charge in [0.1, 0.15) is 12.2 Å². The minimum Gasteiger partial charge on any atom is -0.379 e. The van der Waals surface area contributed by atoms with Gasteiger partial charge in [-0.1, -0.05) is 0 Å². The van der Waals surface area contributed by atoms with Crippen LogP contribution in [-0.4, -0.2) is 51.8 Å². The van der Waals surface area contributed by atoms with E-state index in [0.717, 1.165) is 6.61 Å². The third-order valence-corrected chi connectivity index (χ3v) is 1.94. The van der Waals surface area contributed by atoms with Gasteiger partial charge in [-0.2, -0.15) is 0 Å². The normalized spacial score (nSPS) is 20.4. The monoisotopic (exact) mass is 204 g/mol. The largest absolute Gasteiger partial charge is 0.379 e. The number of ether oxygens (including phenoxy) is 4. The number of epoxide rings is 1. The van der Waals surface area contributed by atoms with Crippen LogP contribution >= 0.6 is 0 Å². The van der Waals surface area contributed by atoms with Gasteiger partial charge < -0.3 is 18.9 Å². The van der Waals surface area contributed by atoms with Gasteiger partial charge in [-0.15, -0.1) is 0 Å². The van der Waals surface area contributed by atoms with E-state index in [1.165, 1.54) is 0 Å². The first-order valence-corrected chi connectivity index (χ1v) is 5.25. The highest BCUT2D eigenvalue weighted by Crippen LogP contribution is 2.10. The Morgan fingerprint density at radius 3 is 2.21 bits per heavy atom. The van der Waals surface area contributed by atoms with E-state index >= 15 is 0 Å². The Kier molecular flexibility index (Phi) is 6.10. The maximum atomic E-state index is 5.60. The molecule has 0 bridgehead atoms. The topological polar surface area (TPSA) is 40.2 Å². The fourth-order valence-corrected chi connectivity index (χ4v) is 1.05. The van der Waals surface area contributed by atoms with Crippen LogP contribution in [0.1, 0.15) is 13.8 Å². The lowest BCUT2D eigenvalue weighted by Gasteiger charge is -2.16. The molecule has 0 N–H and O–H groups in total. The molecule has 0 saturated carbocycles. The Balaban J connectivity index is 2.05. The van der Waals surface area contributed by atoms with Gasteiger partial charge >= 0.3 is 0 Å². The van der Waals surface area contributed by atoms with Crippen molar-refractivity contribution in [1.82, 2.24) is 0 Å². The first-order chi connectivity index (χ1) is 6.86. The summed E-state index contributed by atoms with van der Waals surface area (Å²) in [7, 11) is 0. The predicted octanol–water partition coefficient (Wildman–Crippen LogP) is 0.843. The summed E-state index contributed by atoms with van der Waals surface area (Å²) in [6.45, 7) is 8.06. The van der Waals surface area contributed by atoms with Crippen molar-refractivity contribution < 1.29 is 18.9 Å². The minimum absolute atomic E-state index is 0.0408. The van der Waals surface area contributed by atoms with Gasteiger partial charge in [0.15, 0.2) is 0 Å². The van der Waals surface area contributed by atoms with E-state index in [1.54, 1.807) is 0 Å². The van der Waals surface area contributed by atoms with Crippen LogP contribution in [0.25, 0.3) is 0 Å². The SMILES string of the molecule is CCOCC(COCC)OCC1CO1. The molecule has 0 aromatic heterocycles. The molecule has 0 aromatic rings. The van der Waals surface area contributed by atoms with Crippen molar-refractivity contribution in [2.24, 2.45) is 0 Å². The van der Waals surface area contributed by atoms with E-state index in [9.17, 15) is 0 Å². The van der Waals surface area contributed by atoms with Crippen molar-refractivity contribution in [3.8, 4) is 0 Å². The molecule has 1 rings (SSSR count). The van der Waals surface area contributed by atoms with Gasteiger partial charge in [0.25, 0.3) is 0 Å². The lowest BCUT2D eigenvalue weighted by atomic mass is 10.4. The zero-order chi connectivity index (χ0) is 10.2. The van der Waals surface area contributed by atoms with Gasteiger partial charge in [-0.05, 0) is 13.8 Å². The highest BCUT2D eigenvalue weighted by molar-refractivity contribution is 4.69. The molecule has 1 aliphatic rings. The molecule has 84 valence electrons. The molecule has 1 atom stereocenters. The van der Waals surface area contributed by atoms with Crippen molar-refractivity contribution in [2.45, 2.75) is 26.1 Å². The Hall–Kier alpha value is -0.160. The quantitative estimate of drug-likeness (QED) is 0.522. The smallest absolute Gasteiger partial charge is 0.104 e. The zero-order valence-electron chi connectivity index (χ0n) is 9.03. The van der Waals surface area contributed by atoms with Gasteiger partial charge in [0.2, 0.25) is 0 Å². The Morgan fingerprint density at radius 1 is 1.21 bits per heavy atom. The Labute approximate surface area is 85.5 Å². The van der Waals surface area contributed by atoms with E-state index in [2.05, 4.69) is 0 Å². The van der Waals surface area contributed by atoms with Crippen LogP contribution in [0.4, 0.5) is 0 Å². The third-order valence-electron chi connectivity index (χ3n) is 1.94. The number of rotatable bonds is 9. The Bertz CT molecular complexity index is 128. The molecule has 0 spiro atoms. The molecule has 0 aromatic carbocycles. The van der Waals surface area contributed by atoms with E-state index in [4.69, 9.17) is 18.9 Å². The summed E-state index contributed by atoms with van der Waals surface area (Å²) in [5, 5.41) is 0. The van der Waals surface area contributed by atoms with Crippen molar-refractivity contribution in [1.29, 1.82) is 0 Å². The summed E-state index contributed by atoms with van der Waals surface area (Å²) in [5.41, 5.74) is 0. The summed E-state index contributed by atoms with van der Waals surface area (Å²) in [5.74, 6) is 0. The van der Waals surface area contributed by atoms with Crippen LogP contribution in [0.15, 0.2) is 0 Å². The van der Waals surface area contributed by atoms with Crippen LogP contribution in [0, 0.1) is 0 Å². The summed E-state index contributed by atoms with van der Waals surface area (Å²) in [6, 6.07) is 0. The van der Waals surface area contributed by atoms with Gasteiger partial charge in [-0.25, -0.2) is 0 Å². The van der Waals surface area contributed by atoms with Crippen LogP contribution < -0.4 is 0 Å². The summed E-state index contributed by atoms with van der Waals surface area (Å²) in [4.78, 5) is 0. The molecule has 14 heavy (non-hydrogen) atoms. The molecule has 1 aliphatic heterocycles. The van der Waals surface area contributed by atoms with Crippen molar-refractivity contribution in [3.63, 3.8) is 0 Å². The summed E-state index contributed by atoms with van der Waals surface area (Å²) >= 11 is 0. The Morgan fingerprint density at radius 2 is 1.79 bits per heavy atom. The summed E-state index contributed by atoms with van der Waals surface area (Å²) < 4.78 is 21.3. The fraction of sp³-hybridized carbons (Fsp3) is 1.00. The van der Waals surface area contributed by atoms with Gasteiger partial charge in [0.05, 0.1) is 26.4 Å². The zero-order valence-corrected chi connectivity index (χ0v) is 9.03. The standard InChI is InChI=1S/C10H20O4/c1-3-11-5-9(6-12-4-2)13-7-10-8-14-10/h9-10H,3-8H2,1-2H3. The number of hydrogen-bond acceptors (Lipinski definition) is 4. The molecule has 1 heterocycles.